The molecule has 1 aromatic rings. The van der Waals surface area contributed by atoms with Crippen LogP contribution in [0.2, 0.25) is 0 Å². The second-order valence-electron chi connectivity index (χ2n) is 4.07. The number of rotatable bonds is 7. The van der Waals surface area contributed by atoms with Crippen molar-refractivity contribution in [3.05, 3.63) is 29.8 Å². The lowest BCUT2D eigenvalue weighted by molar-refractivity contribution is 0.167. The minimum atomic E-state index is -3.52. The second kappa shape index (κ2) is 7.23. The zero-order valence-corrected chi connectivity index (χ0v) is 12.7. The molecule has 4 nitrogen and oxygen atoms in total. The number of hydrogen-bond acceptors (Lipinski definition) is 3. The van der Waals surface area contributed by atoms with E-state index in [0.717, 1.165) is 12.0 Å². The van der Waals surface area contributed by atoms with Gasteiger partial charge in [-0.15, -0.1) is 0 Å². The van der Waals surface area contributed by atoms with Crippen LogP contribution in [0.4, 0.5) is 0 Å². The summed E-state index contributed by atoms with van der Waals surface area (Å²) in [6, 6.07) is 6.63. The number of alkyl halides is 1. The molecule has 0 saturated carbocycles. The molecule has 1 aromatic carbocycles. The fraction of sp³-hybridized carbons (Fsp3) is 0.500. The fourth-order valence-corrected chi connectivity index (χ4v) is 2.93. The lowest BCUT2D eigenvalue weighted by Crippen LogP contribution is -2.32. The SMILES string of the molecule is CCCC(O)CNS(=O)(=O)c1ccc(CBr)cc1. The maximum Gasteiger partial charge on any atom is 0.240 e. The van der Waals surface area contributed by atoms with Crippen LogP contribution in [-0.2, 0) is 15.4 Å². The Morgan fingerprint density at radius 3 is 2.44 bits per heavy atom. The molecule has 6 heteroatoms. The summed E-state index contributed by atoms with van der Waals surface area (Å²) in [7, 11) is -3.52. The highest BCUT2D eigenvalue weighted by Crippen LogP contribution is 2.12. The molecule has 0 aromatic heterocycles. The van der Waals surface area contributed by atoms with E-state index in [4.69, 9.17) is 0 Å². The average Bonchev–Trinajstić information content (AvgIpc) is 2.37. The highest BCUT2D eigenvalue weighted by atomic mass is 79.9. The number of benzene rings is 1. The summed E-state index contributed by atoms with van der Waals surface area (Å²) in [6.07, 6.45) is 0.778. The van der Waals surface area contributed by atoms with E-state index in [-0.39, 0.29) is 11.4 Å². The van der Waals surface area contributed by atoms with Crippen molar-refractivity contribution < 1.29 is 13.5 Å². The smallest absolute Gasteiger partial charge is 0.240 e. The van der Waals surface area contributed by atoms with Gasteiger partial charge in [-0.25, -0.2) is 13.1 Å². The van der Waals surface area contributed by atoms with Gasteiger partial charge in [0.25, 0.3) is 0 Å². The standard InChI is InChI=1S/C12H18BrNO3S/c1-2-3-11(15)9-14-18(16,17)12-6-4-10(8-13)5-7-12/h4-7,11,14-15H,2-3,8-9H2,1H3. The molecule has 0 aliphatic carbocycles. The van der Waals surface area contributed by atoms with Crippen molar-refractivity contribution >= 4 is 26.0 Å². The molecule has 1 atom stereocenters. The topological polar surface area (TPSA) is 66.4 Å². The van der Waals surface area contributed by atoms with Crippen LogP contribution in [0.1, 0.15) is 25.3 Å². The van der Waals surface area contributed by atoms with E-state index < -0.39 is 16.1 Å². The molecule has 0 amide bonds. The van der Waals surface area contributed by atoms with Crippen LogP contribution in [0, 0.1) is 0 Å². The van der Waals surface area contributed by atoms with Crippen molar-refractivity contribution in [3.63, 3.8) is 0 Å². The molecular weight excluding hydrogens is 318 g/mol. The number of nitrogens with one attached hydrogen (secondary N) is 1. The Hall–Kier alpha value is -0.430. The first kappa shape index (κ1) is 15.6. The third kappa shape index (κ3) is 4.68. The fourth-order valence-electron chi connectivity index (χ4n) is 1.48. The van der Waals surface area contributed by atoms with Crippen LogP contribution < -0.4 is 4.72 Å². The van der Waals surface area contributed by atoms with Gasteiger partial charge in [0.2, 0.25) is 10.0 Å². The highest BCUT2D eigenvalue weighted by Gasteiger charge is 2.15. The first-order valence-corrected chi connectivity index (χ1v) is 8.42. The normalized spacial score (nSPS) is 13.5. The minimum absolute atomic E-state index is 0.0520. The van der Waals surface area contributed by atoms with Gasteiger partial charge in [-0.05, 0) is 24.1 Å². The number of halogens is 1. The molecule has 0 saturated heterocycles. The second-order valence-corrected chi connectivity index (χ2v) is 6.40. The van der Waals surface area contributed by atoms with Gasteiger partial charge in [-0.3, -0.25) is 0 Å². The van der Waals surface area contributed by atoms with Gasteiger partial charge < -0.3 is 5.11 Å². The molecular formula is C12H18BrNO3S. The molecule has 1 unspecified atom stereocenters. The zero-order chi connectivity index (χ0) is 13.6. The van der Waals surface area contributed by atoms with Gasteiger partial charge >= 0.3 is 0 Å². The summed E-state index contributed by atoms with van der Waals surface area (Å²) in [5.41, 5.74) is 1.01. The van der Waals surface area contributed by atoms with Gasteiger partial charge in [0.15, 0.2) is 0 Å². The molecule has 0 aliphatic heterocycles. The van der Waals surface area contributed by atoms with Crippen molar-refractivity contribution in [2.75, 3.05) is 6.54 Å². The average molecular weight is 336 g/mol. The monoisotopic (exact) mass is 335 g/mol. The third-order valence-corrected chi connectivity index (χ3v) is 4.61. The molecule has 102 valence electrons. The predicted molar refractivity (Wildman–Crippen MR) is 75.2 cm³/mol. The molecule has 0 bridgehead atoms. The summed E-state index contributed by atoms with van der Waals surface area (Å²) < 4.78 is 26.2. The number of aliphatic hydroxyl groups excluding tert-OH is 1. The first-order chi connectivity index (χ1) is 8.49. The number of hydrogen-bond donors (Lipinski definition) is 2. The van der Waals surface area contributed by atoms with Crippen molar-refractivity contribution in [1.82, 2.24) is 4.72 Å². The molecule has 0 aliphatic rings. The number of aliphatic hydroxyl groups is 1. The van der Waals surface area contributed by atoms with E-state index in [0.29, 0.717) is 11.8 Å². The molecule has 18 heavy (non-hydrogen) atoms. The molecule has 0 heterocycles. The van der Waals surface area contributed by atoms with Crippen LogP contribution in [-0.4, -0.2) is 26.2 Å². The summed E-state index contributed by atoms with van der Waals surface area (Å²) in [5, 5.41) is 10.2. The van der Waals surface area contributed by atoms with E-state index in [1.807, 2.05) is 6.92 Å². The zero-order valence-electron chi connectivity index (χ0n) is 10.3. The third-order valence-electron chi connectivity index (χ3n) is 2.52. The van der Waals surface area contributed by atoms with Crippen molar-refractivity contribution in [2.24, 2.45) is 0 Å². The quantitative estimate of drug-likeness (QED) is 0.749. The molecule has 1 rings (SSSR count). The lowest BCUT2D eigenvalue weighted by atomic mass is 10.2. The van der Waals surface area contributed by atoms with Crippen molar-refractivity contribution in [3.8, 4) is 0 Å². The van der Waals surface area contributed by atoms with Gasteiger partial charge in [0.05, 0.1) is 11.0 Å². The van der Waals surface area contributed by atoms with E-state index in [1.54, 1.807) is 24.3 Å². The first-order valence-electron chi connectivity index (χ1n) is 5.82. The van der Waals surface area contributed by atoms with Crippen LogP contribution in [0.25, 0.3) is 0 Å². The Kier molecular flexibility index (Phi) is 6.28. The van der Waals surface area contributed by atoms with E-state index in [9.17, 15) is 13.5 Å². The van der Waals surface area contributed by atoms with Crippen molar-refractivity contribution in [1.29, 1.82) is 0 Å². The maximum absolute atomic E-state index is 11.9. The number of sulfonamides is 1. The lowest BCUT2D eigenvalue weighted by Gasteiger charge is -2.11. The van der Waals surface area contributed by atoms with E-state index >= 15 is 0 Å². The summed E-state index contributed by atoms with van der Waals surface area (Å²) in [6.45, 7) is 1.99. The van der Waals surface area contributed by atoms with Crippen molar-refractivity contribution in [2.45, 2.75) is 36.1 Å². The Balaban J connectivity index is 2.67. The van der Waals surface area contributed by atoms with Gasteiger partial charge in [0, 0.05) is 11.9 Å². The molecule has 2 N–H and O–H groups in total. The summed E-state index contributed by atoms with van der Waals surface area (Å²) >= 11 is 3.30. The Morgan fingerprint density at radius 1 is 1.33 bits per heavy atom. The van der Waals surface area contributed by atoms with E-state index in [1.165, 1.54) is 0 Å². The Labute approximate surface area is 117 Å². The Bertz CT molecular complexity index is 459. The van der Waals surface area contributed by atoms with Gasteiger partial charge in [-0.1, -0.05) is 41.4 Å². The maximum atomic E-state index is 11.9. The minimum Gasteiger partial charge on any atom is -0.392 e. The molecule has 0 fully saturated rings. The largest absolute Gasteiger partial charge is 0.392 e. The predicted octanol–water partition coefficient (Wildman–Crippen LogP) is 2.02. The highest BCUT2D eigenvalue weighted by molar-refractivity contribution is 9.08. The summed E-state index contributed by atoms with van der Waals surface area (Å²) in [4.78, 5) is 0.218. The van der Waals surface area contributed by atoms with Crippen LogP contribution in [0.15, 0.2) is 29.2 Å². The van der Waals surface area contributed by atoms with Crippen LogP contribution in [0.3, 0.4) is 0 Å². The van der Waals surface area contributed by atoms with Gasteiger partial charge in [-0.2, -0.15) is 0 Å². The Morgan fingerprint density at radius 2 is 1.94 bits per heavy atom. The van der Waals surface area contributed by atoms with E-state index in [2.05, 4.69) is 20.7 Å². The van der Waals surface area contributed by atoms with Gasteiger partial charge in [0.1, 0.15) is 0 Å². The molecule has 0 radical (unpaired) electrons. The van der Waals surface area contributed by atoms with Crippen LogP contribution in [0.5, 0.6) is 0 Å². The molecule has 0 spiro atoms. The van der Waals surface area contributed by atoms with Crippen LogP contribution >= 0.6 is 15.9 Å². The summed E-state index contributed by atoms with van der Waals surface area (Å²) in [5.74, 6) is 0.